The van der Waals surface area contributed by atoms with Crippen LogP contribution in [-0.4, -0.2) is 83.1 Å². The number of aliphatic carboxylic acids is 1. The van der Waals surface area contributed by atoms with Crippen molar-refractivity contribution in [2.45, 2.75) is 49.1 Å². The molecule has 2 aromatic rings. The lowest BCUT2D eigenvalue weighted by Gasteiger charge is -2.40. The van der Waals surface area contributed by atoms with Gasteiger partial charge in [-0.2, -0.15) is 0 Å². The van der Waals surface area contributed by atoms with E-state index in [1.165, 1.54) is 0 Å². The van der Waals surface area contributed by atoms with Crippen LogP contribution in [-0.2, 0) is 19.1 Å². The number of hydrogen-bond acceptors (Lipinski definition) is 12. The fourth-order valence-corrected chi connectivity index (χ4v) is 4.93. The molecular weight excluding hydrogens is 508 g/mol. The SMILES string of the molecule is O=C(O)CC(=O)OC[C@H]1O[C@@H](Oc2ccc3c(c2)OCC2c4cc5c(cc4OC32)OCO5)[C@H](O)[C@@H](O)[C@@H]1O. The molecular formula is C25H24O13. The summed E-state index contributed by atoms with van der Waals surface area (Å²) in [5.74, 6) is 0.255. The van der Waals surface area contributed by atoms with Gasteiger partial charge in [0.2, 0.25) is 13.1 Å². The number of carbonyl (C=O) groups excluding carboxylic acids is 1. The first-order chi connectivity index (χ1) is 18.3. The Labute approximate surface area is 215 Å². The maximum absolute atomic E-state index is 11.5. The average molecular weight is 532 g/mol. The molecule has 13 heteroatoms. The molecule has 0 aromatic heterocycles. The van der Waals surface area contributed by atoms with Crippen LogP contribution in [0.5, 0.6) is 28.7 Å². The molecule has 4 aliphatic heterocycles. The third-order valence-corrected chi connectivity index (χ3v) is 6.86. The van der Waals surface area contributed by atoms with Crippen molar-refractivity contribution in [3.8, 4) is 28.7 Å². The number of carboxylic acid groups (broad SMARTS) is 1. The molecule has 38 heavy (non-hydrogen) atoms. The van der Waals surface area contributed by atoms with Crippen LogP contribution < -0.4 is 23.7 Å². The van der Waals surface area contributed by atoms with Gasteiger partial charge >= 0.3 is 11.9 Å². The molecule has 0 spiro atoms. The van der Waals surface area contributed by atoms with Gasteiger partial charge in [0.05, 0.1) is 12.5 Å². The van der Waals surface area contributed by atoms with Gasteiger partial charge in [-0.1, -0.05) is 0 Å². The molecule has 2 aromatic carbocycles. The maximum Gasteiger partial charge on any atom is 0.317 e. The molecule has 4 N–H and O–H groups in total. The Morgan fingerprint density at radius 3 is 2.47 bits per heavy atom. The topological polar surface area (TPSA) is 180 Å². The van der Waals surface area contributed by atoms with Crippen molar-refractivity contribution >= 4 is 11.9 Å². The lowest BCUT2D eigenvalue weighted by atomic mass is 9.89. The summed E-state index contributed by atoms with van der Waals surface area (Å²) in [7, 11) is 0. The number of rotatable bonds is 6. The summed E-state index contributed by atoms with van der Waals surface area (Å²) >= 11 is 0. The van der Waals surface area contributed by atoms with Crippen molar-refractivity contribution in [3.63, 3.8) is 0 Å². The zero-order chi connectivity index (χ0) is 26.6. The number of carboxylic acids is 1. The zero-order valence-electron chi connectivity index (χ0n) is 19.7. The molecule has 4 heterocycles. The minimum Gasteiger partial charge on any atom is -0.492 e. The van der Waals surface area contributed by atoms with E-state index in [9.17, 15) is 24.9 Å². The number of benzene rings is 2. The summed E-state index contributed by atoms with van der Waals surface area (Å²) in [5.41, 5.74) is 1.75. The third kappa shape index (κ3) is 4.32. The molecule has 1 saturated heterocycles. The Hall–Kier alpha value is -3.78. The second kappa shape index (κ2) is 9.51. The van der Waals surface area contributed by atoms with Crippen LogP contribution in [0.4, 0.5) is 0 Å². The predicted molar refractivity (Wildman–Crippen MR) is 121 cm³/mol. The summed E-state index contributed by atoms with van der Waals surface area (Å²) < 4.78 is 39.2. The molecule has 0 aliphatic carbocycles. The van der Waals surface area contributed by atoms with Crippen LogP contribution >= 0.6 is 0 Å². The van der Waals surface area contributed by atoms with E-state index in [2.05, 4.69) is 0 Å². The highest BCUT2D eigenvalue weighted by molar-refractivity contribution is 5.90. The second-order valence-corrected chi connectivity index (χ2v) is 9.28. The molecule has 1 fully saturated rings. The highest BCUT2D eigenvalue weighted by atomic mass is 16.7. The van der Waals surface area contributed by atoms with E-state index in [4.69, 9.17) is 38.3 Å². The molecule has 13 nitrogen and oxygen atoms in total. The minimum absolute atomic E-state index is 0.0523. The summed E-state index contributed by atoms with van der Waals surface area (Å²) in [6.45, 7) is -0.0455. The first-order valence-electron chi connectivity index (χ1n) is 11.9. The van der Waals surface area contributed by atoms with E-state index in [0.717, 1.165) is 11.1 Å². The van der Waals surface area contributed by atoms with Gasteiger partial charge in [0.25, 0.3) is 0 Å². The van der Waals surface area contributed by atoms with Gasteiger partial charge in [0, 0.05) is 23.3 Å². The van der Waals surface area contributed by atoms with Crippen molar-refractivity contribution in [3.05, 3.63) is 41.5 Å². The highest BCUT2D eigenvalue weighted by Crippen LogP contribution is 2.54. The maximum atomic E-state index is 11.5. The molecule has 0 saturated carbocycles. The number of aliphatic hydroxyl groups excluding tert-OH is 3. The van der Waals surface area contributed by atoms with Gasteiger partial charge in [0.15, 0.2) is 11.5 Å². The van der Waals surface area contributed by atoms with Crippen molar-refractivity contribution in [1.29, 1.82) is 0 Å². The van der Waals surface area contributed by atoms with E-state index in [1.807, 2.05) is 12.1 Å². The Morgan fingerprint density at radius 2 is 1.68 bits per heavy atom. The zero-order valence-corrected chi connectivity index (χ0v) is 19.7. The highest BCUT2D eigenvalue weighted by Gasteiger charge is 2.46. The smallest absolute Gasteiger partial charge is 0.317 e. The van der Waals surface area contributed by atoms with E-state index >= 15 is 0 Å². The fourth-order valence-electron chi connectivity index (χ4n) is 4.93. The van der Waals surface area contributed by atoms with Gasteiger partial charge in [0.1, 0.15) is 60.8 Å². The summed E-state index contributed by atoms with van der Waals surface area (Å²) in [5, 5.41) is 39.5. The summed E-state index contributed by atoms with van der Waals surface area (Å²) in [6, 6.07) is 8.70. The number of aliphatic hydroxyl groups is 3. The van der Waals surface area contributed by atoms with Crippen LogP contribution in [0.15, 0.2) is 30.3 Å². The van der Waals surface area contributed by atoms with Gasteiger partial charge in [-0.05, 0) is 18.2 Å². The quantitative estimate of drug-likeness (QED) is 0.294. The molecule has 0 radical (unpaired) electrons. The molecule has 0 amide bonds. The Kier molecular flexibility index (Phi) is 6.14. The summed E-state index contributed by atoms with van der Waals surface area (Å²) in [4.78, 5) is 22.2. The molecule has 6 rings (SSSR count). The van der Waals surface area contributed by atoms with Crippen LogP contribution in [0.1, 0.15) is 29.6 Å². The lowest BCUT2D eigenvalue weighted by molar-refractivity contribution is -0.278. The van der Waals surface area contributed by atoms with Crippen LogP contribution in [0.2, 0.25) is 0 Å². The van der Waals surface area contributed by atoms with Crippen LogP contribution in [0, 0.1) is 0 Å². The Balaban J connectivity index is 1.15. The summed E-state index contributed by atoms with van der Waals surface area (Å²) in [6.07, 6.45) is -8.79. The number of carbonyl (C=O) groups is 2. The van der Waals surface area contributed by atoms with Crippen molar-refractivity contribution in [2.24, 2.45) is 0 Å². The largest absolute Gasteiger partial charge is 0.492 e. The van der Waals surface area contributed by atoms with E-state index in [1.54, 1.807) is 18.2 Å². The van der Waals surface area contributed by atoms with Gasteiger partial charge in [-0.3, -0.25) is 9.59 Å². The Bertz CT molecular complexity index is 1260. The van der Waals surface area contributed by atoms with E-state index < -0.39 is 55.7 Å². The number of fused-ring (bicyclic) bond motifs is 6. The van der Waals surface area contributed by atoms with Gasteiger partial charge in [-0.25, -0.2) is 0 Å². The third-order valence-electron chi connectivity index (χ3n) is 6.86. The molecule has 7 atom stereocenters. The predicted octanol–water partition coefficient (Wildman–Crippen LogP) is 0.229. The first-order valence-corrected chi connectivity index (χ1v) is 11.9. The molecule has 202 valence electrons. The van der Waals surface area contributed by atoms with Crippen molar-refractivity contribution < 1.29 is 63.2 Å². The number of hydrogen-bond donors (Lipinski definition) is 4. The average Bonchev–Trinajstić information content (AvgIpc) is 3.50. The molecule has 0 bridgehead atoms. The van der Waals surface area contributed by atoms with Crippen molar-refractivity contribution in [1.82, 2.24) is 0 Å². The minimum atomic E-state index is -1.67. The van der Waals surface area contributed by atoms with Crippen LogP contribution in [0.25, 0.3) is 0 Å². The monoisotopic (exact) mass is 532 g/mol. The van der Waals surface area contributed by atoms with Crippen LogP contribution in [0.3, 0.4) is 0 Å². The Morgan fingerprint density at radius 1 is 0.895 bits per heavy atom. The first kappa shape index (κ1) is 24.6. The lowest BCUT2D eigenvalue weighted by Crippen LogP contribution is -2.60. The van der Waals surface area contributed by atoms with Crippen molar-refractivity contribution in [2.75, 3.05) is 20.0 Å². The number of ether oxygens (including phenoxy) is 7. The van der Waals surface area contributed by atoms with Gasteiger partial charge in [-0.15, -0.1) is 0 Å². The normalized spacial score (nSPS) is 30.2. The van der Waals surface area contributed by atoms with E-state index in [0.29, 0.717) is 29.6 Å². The molecule has 4 aliphatic rings. The standard InChI is InChI=1S/C25H24O13/c26-19(27)6-20(28)33-8-18-21(29)22(30)23(31)25(38-18)36-10-1-2-11-14(3-10)32-7-13-12-4-16-17(35-9-34-16)5-15(12)37-24(11)13/h1-5,13,18,21-25,29-31H,6-9H2,(H,26,27)/t13?,18-,21-,22+,23-,24?,25-/m1/s1. The fraction of sp³-hybridized carbons (Fsp3) is 0.440. The number of esters is 1. The second-order valence-electron chi connectivity index (χ2n) is 9.28. The van der Waals surface area contributed by atoms with Gasteiger partial charge < -0.3 is 53.6 Å². The molecule has 2 unspecified atom stereocenters. The van der Waals surface area contributed by atoms with E-state index in [-0.39, 0.29) is 24.6 Å².